The van der Waals surface area contributed by atoms with Crippen molar-refractivity contribution in [2.45, 2.75) is 31.8 Å². The first kappa shape index (κ1) is 19.5. The second-order valence-electron chi connectivity index (χ2n) is 7.43. The molecule has 0 spiro atoms. The molecular formula is C24H23ClN2O2. The molecule has 0 N–H and O–H groups in total. The van der Waals surface area contributed by atoms with Gasteiger partial charge < -0.3 is 9.47 Å². The van der Waals surface area contributed by atoms with Gasteiger partial charge in [0, 0.05) is 23.8 Å². The minimum Gasteiger partial charge on any atom is -0.335 e. The third-order valence-electron chi connectivity index (χ3n) is 5.50. The van der Waals surface area contributed by atoms with E-state index >= 15 is 0 Å². The van der Waals surface area contributed by atoms with Crippen LogP contribution in [0.3, 0.4) is 0 Å². The average molecular weight is 407 g/mol. The van der Waals surface area contributed by atoms with Crippen LogP contribution >= 0.6 is 11.6 Å². The van der Waals surface area contributed by atoms with E-state index in [1.54, 1.807) is 22.9 Å². The van der Waals surface area contributed by atoms with Crippen molar-refractivity contribution in [2.24, 2.45) is 0 Å². The molecule has 1 atom stereocenters. The van der Waals surface area contributed by atoms with Crippen molar-refractivity contribution in [3.63, 3.8) is 0 Å². The molecule has 1 aromatic heterocycles. The summed E-state index contributed by atoms with van der Waals surface area (Å²) in [5.74, 6) is -0.188. The van der Waals surface area contributed by atoms with E-state index in [-0.39, 0.29) is 23.1 Å². The summed E-state index contributed by atoms with van der Waals surface area (Å²) in [6, 6.07) is 21.0. The Hall–Kier alpha value is -2.85. The highest BCUT2D eigenvalue weighted by Crippen LogP contribution is 2.25. The van der Waals surface area contributed by atoms with Gasteiger partial charge in [-0.3, -0.25) is 9.59 Å². The number of nitrogens with zero attached hydrogens (tertiary/aromatic N) is 2. The van der Waals surface area contributed by atoms with Gasteiger partial charge in [0.2, 0.25) is 0 Å². The van der Waals surface area contributed by atoms with Crippen molar-refractivity contribution >= 4 is 17.5 Å². The number of amides is 1. The second-order valence-corrected chi connectivity index (χ2v) is 7.84. The van der Waals surface area contributed by atoms with Crippen molar-refractivity contribution < 1.29 is 4.79 Å². The number of hydrogen-bond donors (Lipinski definition) is 0. The summed E-state index contributed by atoms with van der Waals surface area (Å²) in [7, 11) is 0. The van der Waals surface area contributed by atoms with Gasteiger partial charge in [-0.2, -0.15) is 0 Å². The number of carbonyl (C=O) groups is 1. The highest BCUT2D eigenvalue weighted by molar-refractivity contribution is 6.31. The van der Waals surface area contributed by atoms with Crippen molar-refractivity contribution in [3.8, 4) is 0 Å². The van der Waals surface area contributed by atoms with E-state index in [1.165, 1.54) is 0 Å². The molecule has 0 bridgehead atoms. The Balaban J connectivity index is 1.56. The van der Waals surface area contributed by atoms with Gasteiger partial charge in [-0.15, -0.1) is 0 Å². The van der Waals surface area contributed by atoms with Gasteiger partial charge in [0.15, 0.2) is 0 Å². The second kappa shape index (κ2) is 8.66. The Morgan fingerprint density at radius 1 is 1.00 bits per heavy atom. The lowest BCUT2D eigenvalue weighted by Gasteiger charge is -2.25. The lowest BCUT2D eigenvalue weighted by Crippen LogP contribution is -2.40. The SMILES string of the molecule is O=C(c1cccn(Cc2ccccc2)c1=O)N1CCC[C@@H]1Cc1ccccc1Cl. The highest BCUT2D eigenvalue weighted by Gasteiger charge is 2.31. The normalized spacial score (nSPS) is 16.2. The lowest BCUT2D eigenvalue weighted by atomic mass is 10.0. The Morgan fingerprint density at radius 3 is 2.55 bits per heavy atom. The zero-order chi connectivity index (χ0) is 20.2. The van der Waals surface area contributed by atoms with Crippen LogP contribution in [0.15, 0.2) is 77.7 Å². The van der Waals surface area contributed by atoms with Crippen LogP contribution in [0, 0.1) is 0 Å². The minimum atomic E-state index is -0.246. The number of carbonyl (C=O) groups excluding carboxylic acids is 1. The Morgan fingerprint density at radius 2 is 1.76 bits per heavy atom. The van der Waals surface area contributed by atoms with Crippen molar-refractivity contribution in [1.29, 1.82) is 0 Å². The molecule has 1 fully saturated rings. The molecule has 0 saturated carbocycles. The van der Waals surface area contributed by atoms with Crippen molar-refractivity contribution in [3.05, 3.63) is 105 Å². The molecule has 1 amide bonds. The molecule has 1 saturated heterocycles. The molecule has 5 heteroatoms. The fourth-order valence-corrected chi connectivity index (χ4v) is 4.20. The molecule has 0 unspecified atom stereocenters. The van der Waals surface area contributed by atoms with Crippen LogP contribution in [0.1, 0.15) is 34.3 Å². The smallest absolute Gasteiger partial charge is 0.263 e. The van der Waals surface area contributed by atoms with E-state index in [9.17, 15) is 9.59 Å². The lowest BCUT2D eigenvalue weighted by molar-refractivity contribution is 0.0734. The van der Waals surface area contributed by atoms with Crippen molar-refractivity contribution in [2.75, 3.05) is 6.54 Å². The molecule has 29 heavy (non-hydrogen) atoms. The Kier molecular flexibility index (Phi) is 5.81. The third-order valence-corrected chi connectivity index (χ3v) is 5.87. The summed E-state index contributed by atoms with van der Waals surface area (Å²) in [5.41, 5.74) is 2.05. The van der Waals surface area contributed by atoms with E-state index in [1.807, 2.05) is 59.5 Å². The Labute approximate surface area is 175 Å². The van der Waals surface area contributed by atoms with Crippen LogP contribution in [-0.4, -0.2) is 28.0 Å². The van der Waals surface area contributed by atoms with Crippen LogP contribution in [0.4, 0.5) is 0 Å². The maximum atomic E-state index is 13.2. The molecule has 3 aromatic rings. The predicted molar refractivity (Wildman–Crippen MR) is 115 cm³/mol. The van der Waals surface area contributed by atoms with E-state index in [0.717, 1.165) is 29.0 Å². The van der Waals surface area contributed by atoms with Crippen LogP contribution in [0.25, 0.3) is 0 Å². The number of halogens is 1. The Bertz CT molecular complexity index is 1060. The van der Waals surface area contributed by atoms with Crippen LogP contribution in [-0.2, 0) is 13.0 Å². The van der Waals surface area contributed by atoms with E-state index in [0.29, 0.717) is 19.5 Å². The maximum absolute atomic E-state index is 13.2. The maximum Gasteiger partial charge on any atom is 0.263 e. The van der Waals surface area contributed by atoms with Crippen molar-refractivity contribution in [1.82, 2.24) is 9.47 Å². The molecule has 1 aliphatic rings. The topological polar surface area (TPSA) is 42.3 Å². The monoisotopic (exact) mass is 406 g/mol. The molecule has 2 aromatic carbocycles. The standard InChI is InChI=1S/C24H23ClN2O2/c25-22-13-5-4-10-19(22)16-20-11-6-15-27(20)24(29)21-12-7-14-26(23(21)28)17-18-8-2-1-3-9-18/h1-5,7-10,12-14,20H,6,11,15-17H2/t20-/m1/s1. The van der Waals surface area contributed by atoms with Gasteiger partial charge >= 0.3 is 0 Å². The number of aromatic nitrogens is 1. The number of hydrogen-bond acceptors (Lipinski definition) is 2. The number of rotatable bonds is 5. The van der Waals surface area contributed by atoms with Gasteiger partial charge in [0.1, 0.15) is 5.56 Å². The van der Waals surface area contributed by atoms with Crippen LogP contribution < -0.4 is 5.56 Å². The first-order valence-corrected chi connectivity index (χ1v) is 10.3. The molecule has 1 aliphatic heterocycles. The largest absolute Gasteiger partial charge is 0.335 e. The van der Waals surface area contributed by atoms with Gasteiger partial charge in [0.25, 0.3) is 11.5 Å². The molecule has 148 valence electrons. The molecular weight excluding hydrogens is 384 g/mol. The first-order valence-electron chi connectivity index (χ1n) is 9.91. The zero-order valence-electron chi connectivity index (χ0n) is 16.1. The van der Waals surface area contributed by atoms with Gasteiger partial charge in [-0.1, -0.05) is 60.1 Å². The number of pyridine rings is 1. The number of likely N-dealkylation sites (tertiary alicyclic amines) is 1. The summed E-state index contributed by atoms with van der Waals surface area (Å²) in [6.07, 6.45) is 4.29. The van der Waals surface area contributed by atoms with Gasteiger partial charge in [-0.05, 0) is 48.6 Å². The molecule has 4 rings (SSSR count). The van der Waals surface area contributed by atoms with E-state index in [4.69, 9.17) is 11.6 Å². The third kappa shape index (κ3) is 4.28. The fraction of sp³-hybridized carbons (Fsp3) is 0.250. The molecule has 0 aliphatic carbocycles. The summed E-state index contributed by atoms with van der Waals surface area (Å²) in [4.78, 5) is 28.1. The van der Waals surface area contributed by atoms with Gasteiger partial charge in [-0.25, -0.2) is 0 Å². The zero-order valence-corrected chi connectivity index (χ0v) is 16.9. The molecule has 2 heterocycles. The minimum absolute atomic E-state index is 0.0598. The molecule has 4 nitrogen and oxygen atoms in total. The summed E-state index contributed by atoms with van der Waals surface area (Å²) in [5, 5.41) is 0.719. The van der Waals surface area contributed by atoms with Crippen LogP contribution in [0.5, 0.6) is 0 Å². The van der Waals surface area contributed by atoms with Crippen LogP contribution in [0.2, 0.25) is 5.02 Å². The average Bonchev–Trinajstić information content (AvgIpc) is 3.20. The summed E-state index contributed by atoms with van der Waals surface area (Å²) >= 11 is 6.31. The summed E-state index contributed by atoms with van der Waals surface area (Å²) < 4.78 is 1.60. The first-order chi connectivity index (χ1) is 14.1. The summed E-state index contributed by atoms with van der Waals surface area (Å²) in [6.45, 7) is 1.12. The molecule has 0 radical (unpaired) electrons. The van der Waals surface area contributed by atoms with Gasteiger partial charge in [0.05, 0.1) is 6.54 Å². The van der Waals surface area contributed by atoms with E-state index in [2.05, 4.69) is 0 Å². The fourth-order valence-electron chi connectivity index (χ4n) is 3.99. The quantitative estimate of drug-likeness (QED) is 0.630. The predicted octanol–water partition coefficient (Wildman–Crippen LogP) is 4.40. The number of benzene rings is 2. The highest BCUT2D eigenvalue weighted by atomic mass is 35.5. The van der Waals surface area contributed by atoms with E-state index < -0.39 is 0 Å².